The topological polar surface area (TPSA) is 47.6 Å². The average Bonchev–Trinajstić information content (AvgIpc) is 2.31. The Hall–Kier alpha value is -2.20. The summed E-state index contributed by atoms with van der Waals surface area (Å²) in [6, 6.07) is 5.97. The molecule has 80 valence electrons. The van der Waals surface area contributed by atoms with Crippen molar-refractivity contribution in [2.45, 2.75) is 13.3 Å². The monoisotopic (exact) mass is 218 g/mol. The van der Waals surface area contributed by atoms with Crippen LogP contribution in [0, 0.1) is 34.3 Å². The van der Waals surface area contributed by atoms with Crippen LogP contribution in [0.3, 0.4) is 0 Å². The van der Waals surface area contributed by atoms with Gasteiger partial charge in [-0.3, -0.25) is 0 Å². The third-order valence-corrected chi connectivity index (χ3v) is 2.11. The summed E-state index contributed by atoms with van der Waals surface area (Å²) in [5.74, 6) is -1.95. The van der Waals surface area contributed by atoms with Gasteiger partial charge in [-0.15, -0.1) is 0 Å². The van der Waals surface area contributed by atoms with Gasteiger partial charge < -0.3 is 0 Å². The van der Waals surface area contributed by atoms with E-state index < -0.39 is 11.6 Å². The summed E-state index contributed by atoms with van der Waals surface area (Å²) < 4.78 is 26.8. The molecule has 1 aromatic carbocycles. The first-order valence-corrected chi connectivity index (χ1v) is 4.62. The number of nitriles is 2. The lowest BCUT2D eigenvalue weighted by Gasteiger charge is -2.03. The van der Waals surface area contributed by atoms with E-state index >= 15 is 0 Å². The van der Waals surface area contributed by atoms with E-state index in [2.05, 4.69) is 0 Å². The van der Waals surface area contributed by atoms with Gasteiger partial charge in [0, 0.05) is 5.56 Å². The van der Waals surface area contributed by atoms with Crippen molar-refractivity contribution in [2.24, 2.45) is 0 Å². The molecule has 2 nitrogen and oxygen atoms in total. The van der Waals surface area contributed by atoms with Crippen LogP contribution < -0.4 is 0 Å². The highest BCUT2D eigenvalue weighted by atomic mass is 19.2. The minimum absolute atomic E-state index is 0.0900. The molecule has 0 N–H and O–H groups in total. The normalized spacial score (nSPS) is 9.06. The number of rotatable bonds is 2. The second-order valence-corrected chi connectivity index (χ2v) is 3.08. The van der Waals surface area contributed by atoms with Crippen LogP contribution in [-0.4, -0.2) is 0 Å². The number of hydrogen-bond donors (Lipinski definition) is 0. The summed E-state index contributed by atoms with van der Waals surface area (Å²) >= 11 is 0. The van der Waals surface area contributed by atoms with Crippen molar-refractivity contribution in [3.05, 3.63) is 40.5 Å². The highest BCUT2D eigenvalue weighted by Crippen LogP contribution is 2.19. The van der Waals surface area contributed by atoms with Crippen molar-refractivity contribution in [3.63, 3.8) is 0 Å². The average molecular weight is 218 g/mol. The summed E-state index contributed by atoms with van der Waals surface area (Å²) in [5.41, 5.74) is -0.0829. The quantitative estimate of drug-likeness (QED) is 0.716. The van der Waals surface area contributed by atoms with Crippen LogP contribution in [0.15, 0.2) is 17.7 Å². The zero-order valence-electron chi connectivity index (χ0n) is 8.59. The van der Waals surface area contributed by atoms with E-state index in [-0.39, 0.29) is 16.7 Å². The lowest BCUT2D eigenvalue weighted by molar-refractivity contribution is 0.498. The first-order valence-electron chi connectivity index (χ1n) is 4.62. The first-order chi connectivity index (χ1) is 7.63. The summed E-state index contributed by atoms with van der Waals surface area (Å²) in [7, 11) is 0. The molecule has 0 saturated heterocycles. The van der Waals surface area contributed by atoms with E-state index in [9.17, 15) is 8.78 Å². The standard InChI is InChI=1S/C12H8F2N2/c1-2-9-3-4-10(12(14)11(9)13)5-8(6-15)7-16/h3-5H,2H2,1H3. The van der Waals surface area contributed by atoms with Crippen LogP contribution in [0.1, 0.15) is 18.1 Å². The first kappa shape index (κ1) is 11.9. The molecule has 16 heavy (non-hydrogen) atoms. The van der Waals surface area contributed by atoms with Gasteiger partial charge in [0.15, 0.2) is 11.6 Å². The predicted molar refractivity (Wildman–Crippen MR) is 54.9 cm³/mol. The molecule has 1 aromatic rings. The highest BCUT2D eigenvalue weighted by Gasteiger charge is 2.11. The van der Waals surface area contributed by atoms with Gasteiger partial charge >= 0.3 is 0 Å². The van der Waals surface area contributed by atoms with Crippen LogP contribution in [0.5, 0.6) is 0 Å². The zero-order chi connectivity index (χ0) is 12.1. The number of nitrogens with zero attached hydrogens (tertiary/aromatic N) is 2. The number of benzene rings is 1. The Labute approximate surface area is 92.0 Å². The second-order valence-electron chi connectivity index (χ2n) is 3.08. The third-order valence-electron chi connectivity index (χ3n) is 2.11. The molecular weight excluding hydrogens is 210 g/mol. The van der Waals surface area contributed by atoms with Gasteiger partial charge in [-0.2, -0.15) is 10.5 Å². The Bertz CT molecular complexity index is 503. The fourth-order valence-electron chi connectivity index (χ4n) is 1.23. The maximum Gasteiger partial charge on any atom is 0.166 e. The fraction of sp³-hybridized carbons (Fsp3) is 0.167. The largest absolute Gasteiger partial charge is 0.203 e. The zero-order valence-corrected chi connectivity index (χ0v) is 8.59. The molecule has 0 amide bonds. The van der Waals surface area contributed by atoms with Crippen molar-refractivity contribution < 1.29 is 8.78 Å². The predicted octanol–water partition coefficient (Wildman–Crippen LogP) is 2.96. The summed E-state index contributed by atoms with van der Waals surface area (Å²) in [6.45, 7) is 1.71. The molecule has 0 heterocycles. The molecule has 4 heteroatoms. The van der Waals surface area contributed by atoms with Gasteiger partial charge in [0.2, 0.25) is 0 Å². The molecule has 0 spiro atoms. The molecule has 0 bridgehead atoms. The van der Waals surface area contributed by atoms with Crippen LogP contribution >= 0.6 is 0 Å². The molecule has 0 saturated carbocycles. The van der Waals surface area contributed by atoms with E-state index in [1.165, 1.54) is 12.1 Å². The van der Waals surface area contributed by atoms with Crippen molar-refractivity contribution in [3.8, 4) is 12.1 Å². The molecule has 0 aromatic heterocycles. The van der Waals surface area contributed by atoms with Gasteiger partial charge in [-0.05, 0) is 18.1 Å². The van der Waals surface area contributed by atoms with Crippen molar-refractivity contribution in [1.29, 1.82) is 10.5 Å². The molecular formula is C12H8F2N2. The lowest BCUT2D eigenvalue weighted by Crippen LogP contribution is -1.95. The van der Waals surface area contributed by atoms with Crippen LogP contribution in [0.4, 0.5) is 8.78 Å². The molecule has 0 aliphatic heterocycles. The SMILES string of the molecule is CCc1ccc(C=C(C#N)C#N)c(F)c1F. The minimum atomic E-state index is -1.03. The van der Waals surface area contributed by atoms with E-state index in [0.717, 1.165) is 6.08 Å². The Morgan fingerprint density at radius 2 is 1.88 bits per heavy atom. The summed E-state index contributed by atoms with van der Waals surface area (Å²) in [5, 5.41) is 17.0. The number of aryl methyl sites for hydroxylation is 1. The maximum atomic E-state index is 13.4. The van der Waals surface area contributed by atoms with E-state index in [4.69, 9.17) is 10.5 Å². The lowest BCUT2D eigenvalue weighted by atomic mass is 10.1. The summed E-state index contributed by atoms with van der Waals surface area (Å²) in [6.07, 6.45) is 1.41. The molecule has 0 atom stereocenters. The second kappa shape index (κ2) is 5.04. The Morgan fingerprint density at radius 3 is 2.38 bits per heavy atom. The van der Waals surface area contributed by atoms with Gasteiger partial charge in [0.1, 0.15) is 17.7 Å². The molecule has 0 aliphatic rings. The number of halogens is 2. The fourth-order valence-corrected chi connectivity index (χ4v) is 1.23. The maximum absolute atomic E-state index is 13.4. The molecule has 1 rings (SSSR count). The van der Waals surface area contributed by atoms with E-state index in [0.29, 0.717) is 6.42 Å². The molecule has 0 aliphatic carbocycles. The smallest absolute Gasteiger partial charge is 0.166 e. The Kier molecular flexibility index (Phi) is 3.74. The highest BCUT2D eigenvalue weighted by molar-refractivity contribution is 5.62. The molecule has 0 unspecified atom stereocenters. The molecule has 0 fully saturated rings. The Morgan fingerprint density at radius 1 is 1.25 bits per heavy atom. The number of hydrogen-bond acceptors (Lipinski definition) is 2. The van der Waals surface area contributed by atoms with Crippen molar-refractivity contribution in [2.75, 3.05) is 0 Å². The van der Waals surface area contributed by atoms with Gasteiger partial charge in [0.25, 0.3) is 0 Å². The van der Waals surface area contributed by atoms with Crippen LogP contribution in [-0.2, 0) is 6.42 Å². The van der Waals surface area contributed by atoms with Crippen molar-refractivity contribution >= 4 is 6.08 Å². The van der Waals surface area contributed by atoms with Crippen molar-refractivity contribution in [1.82, 2.24) is 0 Å². The van der Waals surface area contributed by atoms with Gasteiger partial charge in [-0.1, -0.05) is 19.1 Å². The molecule has 0 radical (unpaired) electrons. The van der Waals surface area contributed by atoms with Gasteiger partial charge in [-0.25, -0.2) is 8.78 Å². The van der Waals surface area contributed by atoms with E-state index in [1.807, 2.05) is 0 Å². The van der Waals surface area contributed by atoms with Crippen LogP contribution in [0.2, 0.25) is 0 Å². The number of allylic oxidation sites excluding steroid dienone is 1. The van der Waals surface area contributed by atoms with E-state index in [1.54, 1.807) is 19.1 Å². The third kappa shape index (κ3) is 2.24. The van der Waals surface area contributed by atoms with Crippen LogP contribution in [0.25, 0.3) is 6.08 Å². The summed E-state index contributed by atoms with van der Waals surface area (Å²) in [4.78, 5) is 0. The van der Waals surface area contributed by atoms with Gasteiger partial charge in [0.05, 0.1) is 0 Å². The Balaban J connectivity index is 3.30. The minimum Gasteiger partial charge on any atom is -0.203 e.